The van der Waals surface area contributed by atoms with Crippen LogP contribution in [0.3, 0.4) is 0 Å². The van der Waals surface area contributed by atoms with Crippen molar-refractivity contribution in [2.24, 2.45) is 0 Å². The summed E-state index contributed by atoms with van der Waals surface area (Å²) < 4.78 is 25.4. The lowest BCUT2D eigenvalue weighted by atomic mass is 10.1. The van der Waals surface area contributed by atoms with E-state index in [0.717, 1.165) is 10.6 Å². The van der Waals surface area contributed by atoms with Crippen molar-refractivity contribution in [1.82, 2.24) is 19.6 Å². The van der Waals surface area contributed by atoms with E-state index in [9.17, 15) is 18.0 Å². The highest BCUT2D eigenvalue weighted by Crippen LogP contribution is 2.32. The molecule has 0 bridgehead atoms. The second-order valence-corrected chi connectivity index (χ2v) is 11.2. The monoisotopic (exact) mass is 549 g/mol. The van der Waals surface area contributed by atoms with Crippen molar-refractivity contribution in [2.45, 2.75) is 13.5 Å². The lowest BCUT2D eigenvalue weighted by molar-refractivity contribution is -0.118. The topological polar surface area (TPSA) is 137 Å². The molecule has 0 aliphatic carbocycles. The molecular weight excluding hydrogens is 526 g/mol. The second kappa shape index (κ2) is 10.4. The Bertz CT molecular complexity index is 1430. The summed E-state index contributed by atoms with van der Waals surface area (Å²) in [5, 5.41) is 10.8. The highest BCUT2D eigenvalue weighted by molar-refractivity contribution is 7.88. The van der Waals surface area contributed by atoms with Crippen LogP contribution < -0.4 is 20.9 Å². The van der Waals surface area contributed by atoms with Crippen molar-refractivity contribution in [2.75, 3.05) is 41.9 Å². The molecule has 0 fully saturated rings. The number of anilines is 5. The zero-order valence-corrected chi connectivity index (χ0v) is 22.1. The number of rotatable bonds is 7. The minimum absolute atomic E-state index is 0.0938. The smallest absolute Gasteiger partial charge is 0.263 e. The Hall–Kier alpha value is -3.26. The minimum atomic E-state index is -3.55. The van der Waals surface area contributed by atoms with Gasteiger partial charge < -0.3 is 20.9 Å². The highest BCUT2D eigenvalue weighted by Gasteiger charge is 2.30. The van der Waals surface area contributed by atoms with Gasteiger partial charge in [0.05, 0.1) is 30.4 Å². The average Bonchev–Trinajstić information content (AvgIpc) is 3.23. The standard InChI is InChI=1S/C22H24ClN7O4S2/c1-4-30-17-9-14(6-5-13(17)11-29(12-18(30)31)36(3,33)34)26-22-25-10-15(23)20(28-22)27-16-7-8-35-19(16)21(32)24-2/h5-10H,4,11-12H2,1-3H3,(H,24,32)(H2,25,26,27,28). The van der Waals surface area contributed by atoms with Gasteiger partial charge in [0.15, 0.2) is 5.82 Å². The van der Waals surface area contributed by atoms with E-state index in [1.165, 1.54) is 17.5 Å². The third-order valence-electron chi connectivity index (χ3n) is 5.47. The van der Waals surface area contributed by atoms with Crippen molar-refractivity contribution in [1.29, 1.82) is 0 Å². The van der Waals surface area contributed by atoms with Crippen LogP contribution in [0.5, 0.6) is 0 Å². The number of nitrogens with one attached hydrogen (secondary N) is 3. The van der Waals surface area contributed by atoms with Gasteiger partial charge >= 0.3 is 0 Å². The van der Waals surface area contributed by atoms with Crippen LogP contribution in [0.15, 0.2) is 35.8 Å². The van der Waals surface area contributed by atoms with Crippen LogP contribution in [-0.4, -0.2) is 60.9 Å². The van der Waals surface area contributed by atoms with Gasteiger partial charge in [0.2, 0.25) is 21.9 Å². The van der Waals surface area contributed by atoms with Crippen molar-refractivity contribution in [3.8, 4) is 0 Å². The maximum Gasteiger partial charge on any atom is 0.263 e. The van der Waals surface area contributed by atoms with Gasteiger partial charge in [0.25, 0.3) is 5.91 Å². The Morgan fingerprint density at radius 2 is 2.00 bits per heavy atom. The van der Waals surface area contributed by atoms with Crippen molar-refractivity contribution >= 4 is 73.6 Å². The van der Waals surface area contributed by atoms with Gasteiger partial charge in [-0.25, -0.2) is 13.4 Å². The molecule has 4 rings (SSSR count). The fraction of sp³-hybridized carbons (Fsp3) is 0.273. The van der Waals surface area contributed by atoms with E-state index in [1.54, 1.807) is 41.6 Å². The van der Waals surface area contributed by atoms with E-state index in [2.05, 4.69) is 25.9 Å². The van der Waals surface area contributed by atoms with Gasteiger partial charge in [-0.15, -0.1) is 11.3 Å². The van der Waals surface area contributed by atoms with Crippen LogP contribution in [0, 0.1) is 0 Å². The number of thiophene rings is 1. The maximum atomic E-state index is 12.8. The molecule has 2 aromatic heterocycles. The molecule has 14 heteroatoms. The molecule has 0 unspecified atom stereocenters. The minimum Gasteiger partial charge on any atom is -0.354 e. The molecule has 1 aliphatic heterocycles. The Balaban J connectivity index is 1.62. The number of likely N-dealkylation sites (N-methyl/N-ethyl adjacent to an activating group) is 1. The first-order chi connectivity index (χ1) is 17.1. The van der Waals surface area contributed by atoms with Crippen LogP contribution >= 0.6 is 22.9 Å². The van der Waals surface area contributed by atoms with E-state index in [1.807, 2.05) is 6.92 Å². The highest BCUT2D eigenvalue weighted by atomic mass is 35.5. The van der Waals surface area contributed by atoms with Gasteiger partial charge in [0, 0.05) is 25.8 Å². The van der Waals surface area contributed by atoms with Crippen LogP contribution in [0.4, 0.5) is 28.8 Å². The molecule has 3 aromatic rings. The first kappa shape index (κ1) is 25.8. The number of aromatic nitrogens is 2. The van der Waals surface area contributed by atoms with E-state index < -0.39 is 10.0 Å². The van der Waals surface area contributed by atoms with Crippen LogP contribution in [0.1, 0.15) is 22.2 Å². The van der Waals surface area contributed by atoms with Gasteiger partial charge in [-0.2, -0.15) is 9.29 Å². The molecule has 11 nitrogen and oxygen atoms in total. The number of benzene rings is 1. The molecular formula is C22H24ClN7O4S2. The normalized spacial score (nSPS) is 14.2. The van der Waals surface area contributed by atoms with Crippen molar-refractivity contribution in [3.05, 3.63) is 51.3 Å². The molecule has 1 aromatic carbocycles. The Morgan fingerprint density at radius 3 is 2.69 bits per heavy atom. The number of carbonyl (C=O) groups is 2. The number of carbonyl (C=O) groups excluding carboxylic acids is 2. The zero-order valence-electron chi connectivity index (χ0n) is 19.7. The first-order valence-corrected chi connectivity index (χ1v) is 14.0. The van der Waals surface area contributed by atoms with Gasteiger partial charge in [0.1, 0.15) is 9.90 Å². The van der Waals surface area contributed by atoms with Gasteiger partial charge in [-0.3, -0.25) is 9.59 Å². The lowest BCUT2D eigenvalue weighted by Crippen LogP contribution is -2.39. The predicted molar refractivity (Wildman–Crippen MR) is 141 cm³/mol. The average molecular weight is 550 g/mol. The summed E-state index contributed by atoms with van der Waals surface area (Å²) in [6.45, 7) is 2.08. The van der Waals surface area contributed by atoms with E-state index in [0.29, 0.717) is 39.9 Å². The summed E-state index contributed by atoms with van der Waals surface area (Å²) in [7, 11) is -2.00. The lowest BCUT2D eigenvalue weighted by Gasteiger charge is -2.21. The number of amides is 2. The molecule has 3 N–H and O–H groups in total. The summed E-state index contributed by atoms with van der Waals surface area (Å²) in [5.41, 5.74) is 2.47. The first-order valence-electron chi connectivity index (χ1n) is 10.8. The molecule has 0 saturated heterocycles. The largest absolute Gasteiger partial charge is 0.354 e. The zero-order chi connectivity index (χ0) is 26.0. The SMILES string of the molecule is CCN1C(=O)CN(S(C)(=O)=O)Cc2ccc(Nc3ncc(Cl)c(Nc4ccsc4C(=O)NC)n3)cc21. The number of fused-ring (bicyclic) bond motifs is 1. The Kier molecular flexibility index (Phi) is 7.45. The van der Waals surface area contributed by atoms with E-state index in [-0.39, 0.29) is 35.9 Å². The summed E-state index contributed by atoms with van der Waals surface area (Å²) >= 11 is 7.57. The summed E-state index contributed by atoms with van der Waals surface area (Å²) in [6.07, 6.45) is 2.52. The van der Waals surface area contributed by atoms with Crippen LogP contribution in [-0.2, 0) is 21.4 Å². The molecule has 36 heavy (non-hydrogen) atoms. The second-order valence-electron chi connectivity index (χ2n) is 7.90. The summed E-state index contributed by atoms with van der Waals surface area (Å²) in [4.78, 5) is 35.6. The maximum absolute atomic E-state index is 12.8. The number of sulfonamides is 1. The molecule has 3 heterocycles. The Labute approximate surface area is 217 Å². The molecule has 0 spiro atoms. The third-order valence-corrected chi connectivity index (χ3v) is 7.86. The fourth-order valence-electron chi connectivity index (χ4n) is 3.69. The van der Waals surface area contributed by atoms with Gasteiger partial charge in [-0.1, -0.05) is 17.7 Å². The molecule has 0 saturated carbocycles. The number of nitrogens with zero attached hydrogens (tertiary/aromatic N) is 4. The molecule has 1 aliphatic rings. The molecule has 0 atom stereocenters. The molecule has 190 valence electrons. The Morgan fingerprint density at radius 1 is 1.22 bits per heavy atom. The van der Waals surface area contributed by atoms with Gasteiger partial charge in [-0.05, 0) is 36.1 Å². The number of hydrogen-bond donors (Lipinski definition) is 3. The predicted octanol–water partition coefficient (Wildman–Crippen LogP) is 3.17. The third kappa shape index (κ3) is 5.43. The van der Waals surface area contributed by atoms with Crippen molar-refractivity contribution < 1.29 is 18.0 Å². The summed E-state index contributed by atoms with van der Waals surface area (Å²) in [5.74, 6) is 0.00201. The number of halogens is 1. The van der Waals surface area contributed by atoms with Crippen LogP contribution in [0.2, 0.25) is 5.02 Å². The molecule has 0 radical (unpaired) electrons. The number of hydrogen-bond acceptors (Lipinski definition) is 9. The molecule has 2 amide bonds. The van der Waals surface area contributed by atoms with E-state index in [4.69, 9.17) is 11.6 Å². The fourth-order valence-corrected chi connectivity index (χ4v) is 5.35. The van der Waals surface area contributed by atoms with Crippen LogP contribution in [0.25, 0.3) is 0 Å². The quantitative estimate of drug-likeness (QED) is 0.409. The van der Waals surface area contributed by atoms with E-state index >= 15 is 0 Å². The summed E-state index contributed by atoms with van der Waals surface area (Å²) in [6, 6.07) is 7.04. The van der Waals surface area contributed by atoms with Crippen molar-refractivity contribution in [3.63, 3.8) is 0 Å².